The number of hydrogen-bond donors (Lipinski definition) is 0. The highest BCUT2D eigenvalue weighted by molar-refractivity contribution is 5.69. The highest BCUT2D eigenvalue weighted by Gasteiger charge is 2.37. The van der Waals surface area contributed by atoms with Gasteiger partial charge in [0.2, 0.25) is 0 Å². The van der Waals surface area contributed by atoms with E-state index in [-0.39, 0.29) is 12.1 Å². The molecule has 0 aromatic heterocycles. The summed E-state index contributed by atoms with van der Waals surface area (Å²) in [6.07, 6.45) is 3.20. The summed E-state index contributed by atoms with van der Waals surface area (Å²) in [7, 11) is 0. The first kappa shape index (κ1) is 9.00. The summed E-state index contributed by atoms with van der Waals surface area (Å²) in [5.41, 5.74) is 0. The summed E-state index contributed by atoms with van der Waals surface area (Å²) < 4.78 is 5.39. The van der Waals surface area contributed by atoms with E-state index < -0.39 is 0 Å². The van der Waals surface area contributed by atoms with Gasteiger partial charge in [-0.2, -0.15) is 0 Å². The lowest BCUT2D eigenvalue weighted by Gasteiger charge is -2.21. The molecule has 2 fully saturated rings. The van der Waals surface area contributed by atoms with E-state index >= 15 is 0 Å². The van der Waals surface area contributed by atoms with E-state index in [0.29, 0.717) is 12.3 Å². The third-order valence-electron chi connectivity index (χ3n) is 3.08. The first-order valence-electron chi connectivity index (χ1n) is 5.21. The van der Waals surface area contributed by atoms with Crippen molar-refractivity contribution >= 4 is 5.97 Å². The van der Waals surface area contributed by atoms with Gasteiger partial charge in [0.25, 0.3) is 0 Å². The van der Waals surface area contributed by atoms with Crippen LogP contribution < -0.4 is 0 Å². The fourth-order valence-corrected chi connectivity index (χ4v) is 2.35. The Morgan fingerprint density at radius 1 is 1.54 bits per heavy atom. The van der Waals surface area contributed by atoms with Crippen molar-refractivity contribution in [3.05, 3.63) is 0 Å². The standard InChI is InChI=1S/C10H17NO2/c1-2-10(12)13-9-7-11-5-3-4-8(9)6-11/h8-9H,2-7H2,1H3. The summed E-state index contributed by atoms with van der Waals surface area (Å²) in [6, 6.07) is 0. The van der Waals surface area contributed by atoms with Gasteiger partial charge >= 0.3 is 5.97 Å². The third-order valence-corrected chi connectivity index (χ3v) is 3.08. The van der Waals surface area contributed by atoms with Crippen molar-refractivity contribution in [2.24, 2.45) is 5.92 Å². The van der Waals surface area contributed by atoms with Crippen molar-refractivity contribution in [3.8, 4) is 0 Å². The van der Waals surface area contributed by atoms with Gasteiger partial charge in [-0.3, -0.25) is 9.69 Å². The van der Waals surface area contributed by atoms with Gasteiger partial charge in [0.05, 0.1) is 0 Å². The van der Waals surface area contributed by atoms with E-state index in [0.717, 1.165) is 13.1 Å². The van der Waals surface area contributed by atoms with Gasteiger partial charge in [-0.05, 0) is 19.4 Å². The minimum atomic E-state index is -0.0428. The van der Waals surface area contributed by atoms with Gasteiger partial charge in [-0.15, -0.1) is 0 Å². The molecule has 2 bridgehead atoms. The highest BCUT2D eigenvalue weighted by Crippen LogP contribution is 2.29. The zero-order valence-corrected chi connectivity index (χ0v) is 8.16. The molecule has 3 atom stereocenters. The highest BCUT2D eigenvalue weighted by atomic mass is 16.5. The molecule has 2 heterocycles. The van der Waals surface area contributed by atoms with Gasteiger partial charge in [0.15, 0.2) is 0 Å². The first-order chi connectivity index (χ1) is 6.29. The van der Waals surface area contributed by atoms with Crippen molar-refractivity contribution in [1.82, 2.24) is 4.90 Å². The Labute approximate surface area is 79.0 Å². The first-order valence-corrected chi connectivity index (χ1v) is 5.21. The number of carbonyl (C=O) groups excluding carboxylic acids is 1. The maximum Gasteiger partial charge on any atom is 0.305 e. The fourth-order valence-electron chi connectivity index (χ4n) is 2.35. The number of nitrogens with zero attached hydrogens (tertiary/aromatic N) is 1. The molecule has 74 valence electrons. The smallest absolute Gasteiger partial charge is 0.305 e. The molecule has 0 aliphatic carbocycles. The minimum Gasteiger partial charge on any atom is -0.461 e. The molecule has 0 N–H and O–H groups in total. The van der Waals surface area contributed by atoms with Crippen LogP contribution in [0.4, 0.5) is 0 Å². The maximum atomic E-state index is 11.1. The van der Waals surface area contributed by atoms with Crippen LogP contribution in [0.5, 0.6) is 0 Å². The Morgan fingerprint density at radius 3 is 3.08 bits per heavy atom. The Balaban J connectivity index is 1.90. The van der Waals surface area contributed by atoms with Crippen molar-refractivity contribution < 1.29 is 9.53 Å². The molecule has 0 saturated carbocycles. The van der Waals surface area contributed by atoms with Crippen LogP contribution in [0.1, 0.15) is 26.2 Å². The van der Waals surface area contributed by atoms with Gasteiger partial charge in [0.1, 0.15) is 6.10 Å². The number of piperidine rings is 1. The molecule has 3 nitrogen and oxygen atoms in total. The normalized spacial score (nSPS) is 37.5. The monoisotopic (exact) mass is 183 g/mol. The van der Waals surface area contributed by atoms with Crippen molar-refractivity contribution in [1.29, 1.82) is 0 Å². The molecule has 13 heavy (non-hydrogen) atoms. The van der Waals surface area contributed by atoms with Crippen LogP contribution in [0.3, 0.4) is 0 Å². The summed E-state index contributed by atoms with van der Waals surface area (Å²) >= 11 is 0. The predicted octanol–water partition coefficient (Wildman–Crippen LogP) is 1.03. The lowest BCUT2D eigenvalue weighted by Crippen LogP contribution is -2.26. The lowest BCUT2D eigenvalue weighted by molar-refractivity contribution is -0.149. The Kier molecular flexibility index (Phi) is 2.54. The number of fused-ring (bicyclic) bond motifs is 2. The van der Waals surface area contributed by atoms with E-state index in [4.69, 9.17) is 4.74 Å². The summed E-state index contributed by atoms with van der Waals surface area (Å²) in [5, 5.41) is 0. The van der Waals surface area contributed by atoms with Crippen molar-refractivity contribution in [2.45, 2.75) is 32.3 Å². The van der Waals surface area contributed by atoms with E-state index in [9.17, 15) is 4.79 Å². The van der Waals surface area contributed by atoms with Gasteiger partial charge in [0, 0.05) is 25.4 Å². The molecular weight excluding hydrogens is 166 g/mol. The van der Waals surface area contributed by atoms with Crippen molar-refractivity contribution in [2.75, 3.05) is 19.6 Å². The molecular formula is C10H17NO2. The lowest BCUT2D eigenvalue weighted by atomic mass is 9.99. The molecule has 3 heteroatoms. The van der Waals surface area contributed by atoms with Crippen LogP contribution in [0.2, 0.25) is 0 Å². The maximum absolute atomic E-state index is 11.1. The van der Waals surface area contributed by atoms with Gasteiger partial charge in [-0.25, -0.2) is 0 Å². The molecule has 0 radical (unpaired) electrons. The fraction of sp³-hybridized carbons (Fsp3) is 0.900. The van der Waals surface area contributed by atoms with E-state index in [1.165, 1.54) is 19.4 Å². The second kappa shape index (κ2) is 3.66. The van der Waals surface area contributed by atoms with Crippen LogP contribution in [0.25, 0.3) is 0 Å². The van der Waals surface area contributed by atoms with E-state index in [1.54, 1.807) is 0 Å². The molecule has 2 aliphatic rings. The topological polar surface area (TPSA) is 29.5 Å². The number of hydrogen-bond acceptors (Lipinski definition) is 3. The zero-order chi connectivity index (χ0) is 9.26. The largest absolute Gasteiger partial charge is 0.461 e. The number of ether oxygens (including phenoxy) is 1. The average molecular weight is 183 g/mol. The third kappa shape index (κ3) is 1.85. The zero-order valence-electron chi connectivity index (χ0n) is 8.16. The minimum absolute atomic E-state index is 0.0428. The SMILES string of the molecule is CCC(=O)OC1CN2CCCC1C2. The number of esters is 1. The Morgan fingerprint density at radius 2 is 2.38 bits per heavy atom. The van der Waals surface area contributed by atoms with Crippen LogP contribution in [-0.4, -0.2) is 36.6 Å². The van der Waals surface area contributed by atoms with Crippen molar-refractivity contribution in [3.63, 3.8) is 0 Å². The summed E-state index contributed by atoms with van der Waals surface area (Å²) in [4.78, 5) is 13.5. The Bertz CT molecular complexity index is 205. The number of rotatable bonds is 2. The second-order valence-electron chi connectivity index (χ2n) is 4.04. The summed E-state index contributed by atoms with van der Waals surface area (Å²) in [5.74, 6) is 0.572. The average Bonchev–Trinajstić information content (AvgIpc) is 2.42. The van der Waals surface area contributed by atoms with Crippen LogP contribution in [0, 0.1) is 5.92 Å². The van der Waals surface area contributed by atoms with E-state index in [2.05, 4.69) is 4.90 Å². The molecule has 3 unspecified atom stereocenters. The molecule has 0 spiro atoms. The van der Waals surface area contributed by atoms with Gasteiger partial charge < -0.3 is 4.74 Å². The number of carbonyl (C=O) groups is 1. The Hall–Kier alpha value is -0.570. The predicted molar refractivity (Wildman–Crippen MR) is 49.3 cm³/mol. The summed E-state index contributed by atoms with van der Waals surface area (Å²) in [6.45, 7) is 5.15. The van der Waals surface area contributed by atoms with Crippen LogP contribution in [0.15, 0.2) is 0 Å². The van der Waals surface area contributed by atoms with E-state index in [1.807, 2.05) is 6.92 Å². The van der Waals surface area contributed by atoms with Crippen LogP contribution >= 0.6 is 0 Å². The molecule has 0 aromatic carbocycles. The molecule has 2 aliphatic heterocycles. The van der Waals surface area contributed by atoms with Crippen LogP contribution in [-0.2, 0) is 9.53 Å². The molecule has 2 rings (SSSR count). The van der Waals surface area contributed by atoms with Gasteiger partial charge in [-0.1, -0.05) is 6.92 Å². The molecule has 0 amide bonds. The molecule has 0 aromatic rings. The quantitative estimate of drug-likeness (QED) is 0.599. The molecule has 2 saturated heterocycles. The second-order valence-corrected chi connectivity index (χ2v) is 4.04.